The van der Waals surface area contributed by atoms with Crippen molar-refractivity contribution in [1.29, 1.82) is 0 Å². The molecule has 1 N–H and O–H groups in total. The first kappa shape index (κ1) is 13.9. The summed E-state index contributed by atoms with van der Waals surface area (Å²) < 4.78 is 6.64. The van der Waals surface area contributed by atoms with Crippen LogP contribution in [0.5, 0.6) is 5.75 Å². The molecule has 0 spiro atoms. The van der Waals surface area contributed by atoms with Crippen molar-refractivity contribution in [2.75, 3.05) is 18.5 Å². The first-order valence-corrected chi connectivity index (χ1v) is 7.00. The van der Waals surface area contributed by atoms with E-state index in [1.54, 1.807) is 0 Å². The fourth-order valence-electron chi connectivity index (χ4n) is 1.71. The molecular formula is C15H17BrN2O. The lowest BCUT2D eigenvalue weighted by Gasteiger charge is -2.10. The molecule has 0 saturated heterocycles. The second-order valence-electron chi connectivity index (χ2n) is 4.43. The number of aryl methyl sites for hydroxylation is 2. The number of hydrogen-bond acceptors (Lipinski definition) is 3. The highest BCUT2D eigenvalue weighted by Crippen LogP contribution is 2.20. The van der Waals surface area contributed by atoms with E-state index in [4.69, 9.17) is 4.74 Å². The molecule has 2 aromatic rings. The van der Waals surface area contributed by atoms with Crippen molar-refractivity contribution in [2.24, 2.45) is 0 Å². The molecule has 0 unspecified atom stereocenters. The Labute approximate surface area is 122 Å². The fraction of sp³-hybridized carbons (Fsp3) is 0.267. The van der Waals surface area contributed by atoms with E-state index < -0.39 is 0 Å². The maximum absolute atomic E-state index is 5.67. The minimum Gasteiger partial charge on any atom is -0.492 e. The summed E-state index contributed by atoms with van der Waals surface area (Å²) in [7, 11) is 0. The molecule has 0 amide bonds. The van der Waals surface area contributed by atoms with Gasteiger partial charge in [-0.15, -0.1) is 0 Å². The molecule has 1 aromatic heterocycles. The molecule has 4 heteroatoms. The van der Waals surface area contributed by atoms with E-state index in [0.717, 1.165) is 21.6 Å². The van der Waals surface area contributed by atoms with Gasteiger partial charge >= 0.3 is 0 Å². The lowest BCUT2D eigenvalue weighted by molar-refractivity contribution is 0.332. The number of ether oxygens (including phenoxy) is 1. The van der Waals surface area contributed by atoms with Crippen LogP contribution in [0.2, 0.25) is 0 Å². The van der Waals surface area contributed by atoms with Crippen LogP contribution in [0, 0.1) is 13.8 Å². The third-order valence-electron chi connectivity index (χ3n) is 2.63. The molecule has 2 rings (SSSR count). The zero-order valence-corrected chi connectivity index (χ0v) is 12.7. The van der Waals surface area contributed by atoms with Crippen LogP contribution in [0.4, 0.5) is 5.82 Å². The largest absolute Gasteiger partial charge is 0.492 e. The number of nitrogens with one attached hydrogen (secondary N) is 1. The average molecular weight is 321 g/mol. The molecule has 0 aliphatic carbocycles. The van der Waals surface area contributed by atoms with E-state index in [9.17, 15) is 0 Å². The summed E-state index contributed by atoms with van der Waals surface area (Å²) in [6.45, 7) is 5.38. The van der Waals surface area contributed by atoms with Gasteiger partial charge in [-0.05, 0) is 59.1 Å². The number of aromatic nitrogens is 1. The summed E-state index contributed by atoms with van der Waals surface area (Å²) in [6, 6.07) is 10.1. The summed E-state index contributed by atoms with van der Waals surface area (Å²) >= 11 is 3.49. The van der Waals surface area contributed by atoms with E-state index >= 15 is 0 Å². The van der Waals surface area contributed by atoms with Crippen LogP contribution >= 0.6 is 15.9 Å². The van der Waals surface area contributed by atoms with Gasteiger partial charge in [0.1, 0.15) is 18.2 Å². The van der Waals surface area contributed by atoms with Crippen molar-refractivity contribution < 1.29 is 4.74 Å². The van der Waals surface area contributed by atoms with Crippen LogP contribution in [0.1, 0.15) is 11.1 Å². The van der Waals surface area contributed by atoms with E-state index in [0.29, 0.717) is 13.2 Å². The Bertz CT molecular complexity index is 558. The Kier molecular flexibility index (Phi) is 4.80. The predicted octanol–water partition coefficient (Wildman–Crippen LogP) is 3.95. The predicted molar refractivity (Wildman–Crippen MR) is 81.8 cm³/mol. The fourth-order valence-corrected chi connectivity index (χ4v) is 2.31. The molecule has 19 heavy (non-hydrogen) atoms. The molecule has 0 saturated carbocycles. The lowest BCUT2D eigenvalue weighted by atomic mass is 10.2. The minimum atomic E-state index is 0.603. The van der Waals surface area contributed by atoms with Gasteiger partial charge in [0, 0.05) is 6.20 Å². The van der Waals surface area contributed by atoms with Crippen molar-refractivity contribution in [3.8, 4) is 5.75 Å². The second kappa shape index (κ2) is 6.57. The van der Waals surface area contributed by atoms with Crippen molar-refractivity contribution in [2.45, 2.75) is 13.8 Å². The minimum absolute atomic E-state index is 0.603. The van der Waals surface area contributed by atoms with Gasteiger partial charge in [-0.25, -0.2) is 4.98 Å². The Morgan fingerprint density at radius 1 is 1.21 bits per heavy atom. The highest BCUT2D eigenvalue weighted by Gasteiger charge is 2.01. The number of rotatable bonds is 5. The van der Waals surface area contributed by atoms with Crippen LogP contribution in [0.15, 0.2) is 41.0 Å². The molecule has 0 aliphatic rings. The standard InChI is InChI=1S/C15H17BrN2O/c1-11-4-3-5-13(8-11)19-7-6-17-15-14(16)9-12(2)10-18-15/h3-5,8-10H,6-7H2,1-2H3,(H,17,18). The normalized spacial score (nSPS) is 10.3. The molecule has 0 aliphatic heterocycles. The molecule has 0 radical (unpaired) electrons. The SMILES string of the molecule is Cc1cccc(OCCNc2ncc(C)cc2Br)c1. The van der Waals surface area contributed by atoms with Crippen molar-refractivity contribution in [3.05, 3.63) is 52.1 Å². The van der Waals surface area contributed by atoms with Gasteiger partial charge in [0.2, 0.25) is 0 Å². The summed E-state index contributed by atoms with van der Waals surface area (Å²) in [5.74, 6) is 1.75. The van der Waals surface area contributed by atoms with E-state index in [2.05, 4.69) is 39.2 Å². The highest BCUT2D eigenvalue weighted by atomic mass is 79.9. The molecular weight excluding hydrogens is 304 g/mol. The molecule has 1 aromatic carbocycles. The topological polar surface area (TPSA) is 34.1 Å². The monoisotopic (exact) mass is 320 g/mol. The van der Waals surface area contributed by atoms with Gasteiger partial charge in [0.05, 0.1) is 11.0 Å². The van der Waals surface area contributed by atoms with Gasteiger partial charge in [-0.3, -0.25) is 0 Å². The molecule has 0 atom stereocenters. The number of hydrogen-bond donors (Lipinski definition) is 1. The number of nitrogens with zero attached hydrogens (tertiary/aromatic N) is 1. The molecule has 0 bridgehead atoms. The molecule has 100 valence electrons. The molecule has 3 nitrogen and oxygen atoms in total. The summed E-state index contributed by atoms with van der Waals surface area (Å²) in [4.78, 5) is 4.32. The van der Waals surface area contributed by atoms with Crippen LogP contribution in [0.25, 0.3) is 0 Å². The van der Waals surface area contributed by atoms with Crippen molar-refractivity contribution in [3.63, 3.8) is 0 Å². The average Bonchev–Trinajstić information content (AvgIpc) is 2.37. The van der Waals surface area contributed by atoms with Crippen LogP contribution in [-0.2, 0) is 0 Å². The first-order chi connectivity index (χ1) is 9.15. The molecule has 0 fully saturated rings. The second-order valence-corrected chi connectivity index (χ2v) is 5.29. The highest BCUT2D eigenvalue weighted by molar-refractivity contribution is 9.10. The van der Waals surface area contributed by atoms with Crippen molar-refractivity contribution >= 4 is 21.7 Å². The van der Waals surface area contributed by atoms with E-state index in [1.165, 1.54) is 5.56 Å². The quantitative estimate of drug-likeness (QED) is 0.847. The smallest absolute Gasteiger partial charge is 0.140 e. The van der Waals surface area contributed by atoms with Gasteiger partial charge in [-0.2, -0.15) is 0 Å². The van der Waals surface area contributed by atoms with Crippen LogP contribution < -0.4 is 10.1 Å². The number of benzene rings is 1. The maximum atomic E-state index is 5.67. The number of pyridine rings is 1. The van der Waals surface area contributed by atoms with E-state index in [-0.39, 0.29) is 0 Å². The third kappa shape index (κ3) is 4.24. The van der Waals surface area contributed by atoms with E-state index in [1.807, 2.05) is 37.4 Å². The van der Waals surface area contributed by atoms with Gasteiger partial charge < -0.3 is 10.1 Å². The zero-order chi connectivity index (χ0) is 13.7. The van der Waals surface area contributed by atoms with Crippen molar-refractivity contribution in [1.82, 2.24) is 4.98 Å². The Balaban J connectivity index is 1.81. The third-order valence-corrected chi connectivity index (χ3v) is 3.24. The maximum Gasteiger partial charge on any atom is 0.140 e. The van der Waals surface area contributed by atoms with Gasteiger partial charge in [0.25, 0.3) is 0 Å². The lowest BCUT2D eigenvalue weighted by Crippen LogP contribution is -2.12. The number of halogens is 1. The Morgan fingerprint density at radius 2 is 2.05 bits per heavy atom. The summed E-state index contributed by atoms with van der Waals surface area (Å²) in [6.07, 6.45) is 1.84. The Hall–Kier alpha value is -1.55. The number of anilines is 1. The van der Waals surface area contributed by atoms with Gasteiger partial charge in [0.15, 0.2) is 0 Å². The van der Waals surface area contributed by atoms with Crippen LogP contribution in [-0.4, -0.2) is 18.1 Å². The zero-order valence-electron chi connectivity index (χ0n) is 11.1. The summed E-state index contributed by atoms with van der Waals surface area (Å²) in [5, 5.41) is 3.24. The first-order valence-electron chi connectivity index (χ1n) is 6.20. The van der Waals surface area contributed by atoms with Crippen LogP contribution in [0.3, 0.4) is 0 Å². The van der Waals surface area contributed by atoms with Gasteiger partial charge in [-0.1, -0.05) is 12.1 Å². The summed E-state index contributed by atoms with van der Waals surface area (Å²) in [5.41, 5.74) is 2.34. The Morgan fingerprint density at radius 3 is 2.79 bits per heavy atom. The molecule has 1 heterocycles.